The second-order valence-electron chi connectivity index (χ2n) is 7.85. The fourth-order valence-corrected chi connectivity index (χ4v) is 4.40. The van der Waals surface area contributed by atoms with Crippen LogP contribution in [-0.2, 0) is 15.9 Å². The van der Waals surface area contributed by atoms with Crippen molar-refractivity contribution in [3.05, 3.63) is 46.3 Å². The molecule has 1 saturated heterocycles. The highest BCUT2D eigenvalue weighted by Gasteiger charge is 2.33. The maximum Gasteiger partial charge on any atom is 0.355 e. The van der Waals surface area contributed by atoms with E-state index in [1.54, 1.807) is 21.1 Å². The van der Waals surface area contributed by atoms with E-state index in [-0.39, 0.29) is 24.4 Å². The number of ketones is 1. The van der Waals surface area contributed by atoms with E-state index >= 15 is 0 Å². The van der Waals surface area contributed by atoms with Crippen LogP contribution in [0.15, 0.2) is 18.2 Å². The van der Waals surface area contributed by atoms with Gasteiger partial charge in [0.05, 0.1) is 20.3 Å². The van der Waals surface area contributed by atoms with Gasteiger partial charge in [0.2, 0.25) is 0 Å². The summed E-state index contributed by atoms with van der Waals surface area (Å²) in [7, 11) is 3.18. The molecule has 0 saturated carbocycles. The molecule has 2 aromatic rings. The molecule has 1 N–H and O–H groups in total. The Morgan fingerprint density at radius 3 is 2.70 bits per heavy atom. The molecule has 0 radical (unpaired) electrons. The molecule has 1 aromatic heterocycles. The van der Waals surface area contributed by atoms with Crippen molar-refractivity contribution in [2.75, 3.05) is 27.4 Å². The molecule has 4 rings (SSSR count). The molecule has 1 fully saturated rings. The van der Waals surface area contributed by atoms with Crippen LogP contribution in [0.3, 0.4) is 0 Å². The van der Waals surface area contributed by atoms with Gasteiger partial charge in [-0.2, -0.15) is 0 Å². The number of methoxy groups -OCH3 is 2. The first kappa shape index (κ1) is 20.5. The smallest absolute Gasteiger partial charge is 0.355 e. The molecule has 1 aliphatic heterocycles. The molecule has 0 amide bonds. The van der Waals surface area contributed by atoms with Crippen molar-refractivity contribution in [3.63, 3.8) is 0 Å². The number of ether oxygens (including phenoxy) is 4. The molecule has 160 valence electrons. The maximum absolute atomic E-state index is 12.9. The van der Waals surface area contributed by atoms with Gasteiger partial charge in [-0.1, -0.05) is 6.07 Å². The summed E-state index contributed by atoms with van der Waals surface area (Å²) in [6.07, 6.45) is 2.88. The molecule has 1 aromatic carbocycles. The van der Waals surface area contributed by atoms with Gasteiger partial charge >= 0.3 is 5.97 Å². The largest absolute Gasteiger partial charge is 0.493 e. The first-order chi connectivity index (χ1) is 14.5. The lowest BCUT2D eigenvalue weighted by Crippen LogP contribution is -2.18. The van der Waals surface area contributed by atoms with Crippen LogP contribution < -0.4 is 9.47 Å². The molecule has 2 heterocycles. The molecule has 1 aliphatic carbocycles. The monoisotopic (exact) mass is 413 g/mol. The minimum Gasteiger partial charge on any atom is -0.493 e. The number of hydrogen-bond donors (Lipinski definition) is 1. The summed E-state index contributed by atoms with van der Waals surface area (Å²) in [5.41, 5.74) is 3.43. The molecule has 30 heavy (non-hydrogen) atoms. The van der Waals surface area contributed by atoms with Crippen molar-refractivity contribution in [1.29, 1.82) is 0 Å². The Morgan fingerprint density at radius 2 is 2.00 bits per heavy atom. The molecular formula is C23H27NO6. The predicted molar refractivity (Wildman–Crippen MR) is 110 cm³/mol. The Balaban J connectivity index is 1.54. The SMILES string of the molecule is COc1ccc(C2CC(=O)c3c([nH]c(C(=O)OCC4CCCO4)c3C)C2)cc1OC. The van der Waals surface area contributed by atoms with Crippen molar-refractivity contribution >= 4 is 11.8 Å². The van der Waals surface area contributed by atoms with Gasteiger partial charge in [0.15, 0.2) is 17.3 Å². The number of nitrogens with one attached hydrogen (secondary N) is 1. The summed E-state index contributed by atoms with van der Waals surface area (Å²) >= 11 is 0. The molecule has 2 atom stereocenters. The summed E-state index contributed by atoms with van der Waals surface area (Å²) in [6.45, 7) is 2.75. The number of esters is 1. The number of hydrogen-bond acceptors (Lipinski definition) is 6. The second kappa shape index (κ2) is 8.52. The van der Waals surface area contributed by atoms with Crippen LogP contribution in [0.5, 0.6) is 11.5 Å². The number of rotatable bonds is 6. The summed E-state index contributed by atoms with van der Waals surface area (Å²) in [5, 5.41) is 0. The molecular weight excluding hydrogens is 386 g/mol. The van der Waals surface area contributed by atoms with Crippen LogP contribution in [0.4, 0.5) is 0 Å². The summed E-state index contributed by atoms with van der Waals surface area (Å²) < 4.78 is 21.6. The number of carbonyl (C=O) groups is 2. The fourth-order valence-electron chi connectivity index (χ4n) is 4.40. The number of aromatic nitrogens is 1. The lowest BCUT2D eigenvalue weighted by Gasteiger charge is -2.23. The van der Waals surface area contributed by atoms with E-state index in [1.807, 2.05) is 18.2 Å². The second-order valence-corrected chi connectivity index (χ2v) is 7.85. The van der Waals surface area contributed by atoms with Crippen LogP contribution in [0, 0.1) is 6.92 Å². The first-order valence-corrected chi connectivity index (χ1v) is 10.3. The lowest BCUT2D eigenvalue weighted by atomic mass is 9.81. The molecule has 2 unspecified atom stereocenters. The number of Topliss-reactive ketones (excluding diaryl/α,β-unsaturated/α-hetero) is 1. The van der Waals surface area contributed by atoms with Crippen molar-refractivity contribution < 1.29 is 28.5 Å². The zero-order valence-corrected chi connectivity index (χ0v) is 17.6. The Kier molecular flexibility index (Phi) is 5.81. The average molecular weight is 413 g/mol. The van der Waals surface area contributed by atoms with Gasteiger partial charge in [-0.25, -0.2) is 4.79 Å². The van der Waals surface area contributed by atoms with E-state index in [0.29, 0.717) is 47.8 Å². The van der Waals surface area contributed by atoms with Crippen molar-refractivity contribution in [2.24, 2.45) is 0 Å². The summed E-state index contributed by atoms with van der Waals surface area (Å²) in [4.78, 5) is 28.7. The van der Waals surface area contributed by atoms with Gasteiger partial charge in [-0.15, -0.1) is 0 Å². The summed E-state index contributed by atoms with van der Waals surface area (Å²) in [5.74, 6) is 0.875. The highest BCUT2D eigenvalue weighted by atomic mass is 16.6. The number of carbonyl (C=O) groups excluding carboxylic acids is 2. The van der Waals surface area contributed by atoms with E-state index in [2.05, 4.69) is 4.98 Å². The summed E-state index contributed by atoms with van der Waals surface area (Å²) in [6, 6.07) is 5.72. The standard InChI is InChI=1S/C23H27NO6/c1-13-21-17(24-22(13)23(26)30-12-16-5-4-8-29-16)9-15(10-18(21)25)14-6-7-19(27-2)20(11-14)28-3/h6-7,11,15-16,24H,4-5,8-10,12H2,1-3H3. The van der Waals surface area contributed by atoms with E-state index in [0.717, 1.165) is 24.1 Å². The third-order valence-corrected chi connectivity index (χ3v) is 6.00. The van der Waals surface area contributed by atoms with Gasteiger partial charge < -0.3 is 23.9 Å². The number of fused-ring (bicyclic) bond motifs is 1. The van der Waals surface area contributed by atoms with Crippen LogP contribution >= 0.6 is 0 Å². The van der Waals surface area contributed by atoms with Crippen LogP contribution in [0.2, 0.25) is 0 Å². The van der Waals surface area contributed by atoms with Gasteiger partial charge in [0, 0.05) is 24.3 Å². The molecule has 7 heteroatoms. The van der Waals surface area contributed by atoms with Gasteiger partial charge in [-0.3, -0.25) is 4.79 Å². The fraction of sp³-hybridized carbons (Fsp3) is 0.478. The zero-order valence-electron chi connectivity index (χ0n) is 17.6. The Labute approximate surface area is 175 Å². The minimum absolute atomic E-state index is 0.00128. The third kappa shape index (κ3) is 3.81. The lowest BCUT2D eigenvalue weighted by molar-refractivity contribution is 0.0156. The number of H-pyrrole nitrogens is 1. The van der Waals surface area contributed by atoms with Crippen molar-refractivity contribution in [3.8, 4) is 11.5 Å². The van der Waals surface area contributed by atoms with Crippen molar-refractivity contribution in [2.45, 2.75) is 44.6 Å². The zero-order chi connectivity index (χ0) is 21.3. The van der Waals surface area contributed by atoms with E-state index in [4.69, 9.17) is 18.9 Å². The number of aromatic amines is 1. The Hall–Kier alpha value is -2.80. The molecule has 0 spiro atoms. The van der Waals surface area contributed by atoms with E-state index < -0.39 is 5.97 Å². The molecule has 7 nitrogen and oxygen atoms in total. The normalized spacial score (nSPS) is 20.7. The highest BCUT2D eigenvalue weighted by molar-refractivity contribution is 6.03. The number of benzene rings is 1. The first-order valence-electron chi connectivity index (χ1n) is 10.3. The predicted octanol–water partition coefficient (Wildman–Crippen LogP) is 3.59. The van der Waals surface area contributed by atoms with Gasteiger partial charge in [-0.05, 0) is 55.4 Å². The Bertz CT molecular complexity index is 957. The quantitative estimate of drug-likeness (QED) is 0.729. The minimum atomic E-state index is -0.437. The van der Waals surface area contributed by atoms with E-state index in [1.165, 1.54) is 0 Å². The average Bonchev–Trinajstić information content (AvgIpc) is 3.39. The molecule has 2 aliphatic rings. The van der Waals surface area contributed by atoms with Gasteiger partial charge in [0.1, 0.15) is 12.3 Å². The van der Waals surface area contributed by atoms with Crippen LogP contribution in [0.25, 0.3) is 0 Å². The maximum atomic E-state index is 12.9. The Morgan fingerprint density at radius 1 is 1.20 bits per heavy atom. The van der Waals surface area contributed by atoms with Gasteiger partial charge in [0.25, 0.3) is 0 Å². The topological polar surface area (TPSA) is 86.9 Å². The highest BCUT2D eigenvalue weighted by Crippen LogP contribution is 2.38. The molecule has 0 bridgehead atoms. The van der Waals surface area contributed by atoms with Crippen LogP contribution in [-0.4, -0.2) is 50.3 Å². The third-order valence-electron chi connectivity index (χ3n) is 6.00. The van der Waals surface area contributed by atoms with E-state index in [9.17, 15) is 9.59 Å². The van der Waals surface area contributed by atoms with Crippen molar-refractivity contribution in [1.82, 2.24) is 4.98 Å². The van der Waals surface area contributed by atoms with Crippen LogP contribution in [0.1, 0.15) is 62.8 Å².